The Morgan fingerprint density at radius 2 is 2.04 bits per heavy atom. The number of anilines is 1. The molecule has 0 spiro atoms. The molecule has 2 aromatic heterocycles. The zero-order chi connectivity index (χ0) is 17.8. The molecule has 0 saturated carbocycles. The topological polar surface area (TPSA) is 83.6 Å². The van der Waals surface area contributed by atoms with Gasteiger partial charge in [-0.1, -0.05) is 53.2 Å². The Kier molecular flexibility index (Phi) is 5.35. The summed E-state index contributed by atoms with van der Waals surface area (Å²) in [5.41, 5.74) is 2.61. The van der Waals surface area contributed by atoms with Crippen LogP contribution in [0.15, 0.2) is 47.8 Å². The fraction of sp³-hybridized carbons (Fsp3) is 0.176. The van der Waals surface area contributed by atoms with Gasteiger partial charge in [0.1, 0.15) is 0 Å². The van der Waals surface area contributed by atoms with Crippen molar-refractivity contribution in [3.05, 3.63) is 53.3 Å². The van der Waals surface area contributed by atoms with Gasteiger partial charge in [-0.2, -0.15) is 0 Å². The maximum absolute atomic E-state index is 12.3. The lowest BCUT2D eigenvalue weighted by molar-refractivity contribution is -0.115. The largest absolute Gasteiger partial charge is 0.322 e. The minimum Gasteiger partial charge on any atom is -0.322 e. The maximum atomic E-state index is 12.3. The monoisotopic (exact) mass is 373 g/mol. The van der Waals surface area contributed by atoms with Crippen molar-refractivity contribution in [2.75, 3.05) is 5.32 Å². The van der Waals surface area contributed by atoms with Crippen LogP contribution in [-0.4, -0.2) is 31.3 Å². The number of carbonyl (C=O) groups is 1. The van der Waals surface area contributed by atoms with Gasteiger partial charge in [0.05, 0.1) is 10.9 Å². The van der Waals surface area contributed by atoms with Gasteiger partial charge in [-0.25, -0.2) is 9.97 Å². The van der Waals surface area contributed by atoms with Crippen molar-refractivity contribution < 1.29 is 4.79 Å². The number of nitrogens with zero attached hydrogens (tertiary/aromatic N) is 3. The molecule has 0 aliphatic carbocycles. The second-order valence-corrected chi connectivity index (χ2v) is 7.09. The lowest BCUT2D eigenvalue weighted by Crippen LogP contribution is -2.22. The highest BCUT2D eigenvalue weighted by Crippen LogP contribution is 2.25. The standard InChI is InChI=1S/C17H16ClN5OS/c1-10-5-7-12(8-6-10)15-21-17(23-22-15)25-11(2)16(24)20-13-4-3-9-19-14(13)18/h3-9,11H,1-2H3,(H,20,24)(H,21,22,23)/t11-/m1/s1. The molecule has 2 heterocycles. The molecule has 1 amide bonds. The number of aromatic amines is 1. The summed E-state index contributed by atoms with van der Waals surface area (Å²) >= 11 is 7.22. The van der Waals surface area contributed by atoms with Crippen LogP contribution in [0.5, 0.6) is 0 Å². The van der Waals surface area contributed by atoms with Crippen molar-refractivity contribution in [3.8, 4) is 11.4 Å². The molecule has 0 saturated heterocycles. The number of aromatic nitrogens is 4. The molecule has 128 valence electrons. The molecule has 1 aromatic carbocycles. The highest BCUT2D eigenvalue weighted by molar-refractivity contribution is 8.00. The van der Waals surface area contributed by atoms with Crippen molar-refractivity contribution in [2.45, 2.75) is 24.3 Å². The van der Waals surface area contributed by atoms with Gasteiger partial charge in [-0.15, -0.1) is 5.10 Å². The number of pyridine rings is 1. The van der Waals surface area contributed by atoms with Crippen molar-refractivity contribution in [3.63, 3.8) is 0 Å². The molecular formula is C17H16ClN5OS. The van der Waals surface area contributed by atoms with Gasteiger partial charge in [0.15, 0.2) is 11.0 Å². The van der Waals surface area contributed by atoms with E-state index in [0.717, 1.165) is 5.56 Å². The summed E-state index contributed by atoms with van der Waals surface area (Å²) in [6, 6.07) is 11.4. The third-order valence-corrected chi connectivity index (χ3v) is 4.72. The first kappa shape index (κ1) is 17.4. The maximum Gasteiger partial charge on any atom is 0.237 e. The molecular weight excluding hydrogens is 358 g/mol. The van der Waals surface area contributed by atoms with E-state index in [0.29, 0.717) is 16.7 Å². The molecule has 0 radical (unpaired) electrons. The Bertz CT molecular complexity index is 881. The van der Waals surface area contributed by atoms with E-state index in [2.05, 4.69) is 25.5 Å². The number of H-pyrrole nitrogens is 1. The Labute approximate surface area is 154 Å². The minimum atomic E-state index is -0.391. The van der Waals surface area contributed by atoms with E-state index < -0.39 is 5.25 Å². The van der Waals surface area contributed by atoms with E-state index in [1.807, 2.05) is 31.2 Å². The fourth-order valence-corrected chi connectivity index (χ4v) is 2.96. The van der Waals surface area contributed by atoms with Gasteiger partial charge >= 0.3 is 0 Å². The second-order valence-electron chi connectivity index (χ2n) is 5.42. The van der Waals surface area contributed by atoms with E-state index in [9.17, 15) is 4.79 Å². The molecule has 3 aromatic rings. The summed E-state index contributed by atoms with van der Waals surface area (Å²) in [4.78, 5) is 20.7. The summed E-state index contributed by atoms with van der Waals surface area (Å²) in [6.07, 6.45) is 1.57. The van der Waals surface area contributed by atoms with E-state index >= 15 is 0 Å². The number of amides is 1. The number of nitrogens with one attached hydrogen (secondary N) is 2. The number of hydrogen-bond acceptors (Lipinski definition) is 5. The van der Waals surface area contributed by atoms with Crippen molar-refractivity contribution >= 4 is 35.0 Å². The molecule has 0 unspecified atom stereocenters. The third kappa shape index (κ3) is 4.37. The predicted molar refractivity (Wildman–Crippen MR) is 99.8 cm³/mol. The normalized spacial score (nSPS) is 12.0. The van der Waals surface area contributed by atoms with Crippen LogP contribution in [0.2, 0.25) is 5.15 Å². The SMILES string of the molecule is Cc1ccc(-c2nc(S[C@H](C)C(=O)Nc3cccnc3Cl)n[nH]2)cc1. The highest BCUT2D eigenvalue weighted by Gasteiger charge is 2.18. The molecule has 1 atom stereocenters. The zero-order valence-corrected chi connectivity index (χ0v) is 15.2. The van der Waals surface area contributed by atoms with E-state index in [4.69, 9.17) is 11.6 Å². The minimum absolute atomic E-state index is 0.193. The van der Waals surface area contributed by atoms with E-state index in [-0.39, 0.29) is 11.1 Å². The van der Waals surface area contributed by atoms with Gasteiger partial charge in [0.25, 0.3) is 0 Å². The summed E-state index contributed by atoms with van der Waals surface area (Å²) in [7, 11) is 0. The van der Waals surface area contributed by atoms with Gasteiger partial charge in [0, 0.05) is 11.8 Å². The van der Waals surface area contributed by atoms with Gasteiger partial charge in [-0.05, 0) is 26.0 Å². The van der Waals surface area contributed by atoms with Gasteiger partial charge < -0.3 is 5.32 Å². The number of benzene rings is 1. The quantitative estimate of drug-likeness (QED) is 0.522. The lowest BCUT2D eigenvalue weighted by atomic mass is 10.1. The summed E-state index contributed by atoms with van der Waals surface area (Å²) in [6.45, 7) is 3.81. The van der Waals surface area contributed by atoms with Crippen molar-refractivity contribution in [1.29, 1.82) is 0 Å². The van der Waals surface area contributed by atoms with Crippen molar-refractivity contribution in [1.82, 2.24) is 20.2 Å². The average molecular weight is 374 g/mol. The lowest BCUT2D eigenvalue weighted by Gasteiger charge is -2.10. The van der Waals surface area contributed by atoms with Crippen LogP contribution >= 0.6 is 23.4 Å². The Morgan fingerprint density at radius 1 is 1.28 bits per heavy atom. The smallest absolute Gasteiger partial charge is 0.237 e. The van der Waals surface area contributed by atoms with E-state index in [1.54, 1.807) is 25.3 Å². The number of carbonyl (C=O) groups excluding carboxylic acids is 1. The summed E-state index contributed by atoms with van der Waals surface area (Å²) < 4.78 is 0. The van der Waals surface area contributed by atoms with Crippen LogP contribution < -0.4 is 5.32 Å². The highest BCUT2D eigenvalue weighted by atomic mass is 35.5. The van der Waals surface area contributed by atoms with Crippen LogP contribution in [0.3, 0.4) is 0 Å². The molecule has 8 heteroatoms. The van der Waals surface area contributed by atoms with Crippen LogP contribution in [-0.2, 0) is 4.79 Å². The molecule has 0 aliphatic heterocycles. The Balaban J connectivity index is 1.65. The van der Waals surface area contributed by atoms with Gasteiger partial charge in [0.2, 0.25) is 11.1 Å². The third-order valence-electron chi connectivity index (χ3n) is 3.46. The average Bonchev–Trinajstić information content (AvgIpc) is 3.06. The second kappa shape index (κ2) is 7.67. The fourth-order valence-electron chi connectivity index (χ4n) is 2.06. The number of thioether (sulfide) groups is 1. The molecule has 0 fully saturated rings. The van der Waals surface area contributed by atoms with Gasteiger partial charge in [-0.3, -0.25) is 9.89 Å². The number of rotatable bonds is 5. The number of halogens is 1. The summed E-state index contributed by atoms with van der Waals surface area (Å²) in [5, 5.41) is 10.2. The first-order valence-corrected chi connectivity index (χ1v) is 8.86. The zero-order valence-electron chi connectivity index (χ0n) is 13.7. The molecule has 25 heavy (non-hydrogen) atoms. The van der Waals surface area contributed by atoms with Crippen LogP contribution in [0.25, 0.3) is 11.4 Å². The Morgan fingerprint density at radius 3 is 2.76 bits per heavy atom. The predicted octanol–water partition coefficient (Wildman–Crippen LogP) is 3.95. The molecule has 6 nitrogen and oxygen atoms in total. The van der Waals surface area contributed by atoms with Crippen LogP contribution in [0, 0.1) is 6.92 Å². The molecule has 0 bridgehead atoms. The first-order chi connectivity index (χ1) is 12.0. The number of hydrogen-bond donors (Lipinski definition) is 2. The molecule has 2 N–H and O–H groups in total. The summed E-state index contributed by atoms with van der Waals surface area (Å²) in [5.74, 6) is 0.479. The van der Waals surface area contributed by atoms with E-state index in [1.165, 1.54) is 17.3 Å². The Hall–Kier alpha value is -2.38. The van der Waals surface area contributed by atoms with Crippen LogP contribution in [0.4, 0.5) is 5.69 Å². The molecule has 3 rings (SSSR count). The van der Waals surface area contributed by atoms with Crippen molar-refractivity contribution in [2.24, 2.45) is 0 Å². The first-order valence-electron chi connectivity index (χ1n) is 7.60. The molecule has 0 aliphatic rings. The number of aryl methyl sites for hydroxylation is 1. The van der Waals surface area contributed by atoms with Crippen LogP contribution in [0.1, 0.15) is 12.5 Å².